The Bertz CT molecular complexity index is 1110. The third kappa shape index (κ3) is 3.91. The molecule has 0 unspecified atom stereocenters. The second kappa shape index (κ2) is 8.05. The minimum Gasteiger partial charge on any atom is -0.507 e. The Balaban J connectivity index is 2.22. The van der Waals surface area contributed by atoms with E-state index in [0.29, 0.717) is 35.0 Å². The first-order chi connectivity index (χ1) is 13.8. The van der Waals surface area contributed by atoms with Gasteiger partial charge in [0.25, 0.3) is 5.78 Å². The number of nitrogens with zero attached hydrogens (tertiary/aromatic N) is 1. The van der Waals surface area contributed by atoms with Crippen LogP contribution >= 0.6 is 0 Å². The third-order valence-corrected chi connectivity index (χ3v) is 4.40. The molecule has 0 aliphatic rings. The molecule has 150 valence electrons. The lowest BCUT2D eigenvalue weighted by molar-refractivity contribution is -0.146. The van der Waals surface area contributed by atoms with E-state index < -0.39 is 17.5 Å². The Kier molecular flexibility index (Phi) is 5.54. The largest absolute Gasteiger partial charge is 0.507 e. The van der Waals surface area contributed by atoms with Gasteiger partial charge in [0.05, 0.1) is 19.7 Å². The Hall–Kier alpha value is -3.81. The Morgan fingerprint density at radius 1 is 1.07 bits per heavy atom. The first-order valence-electron chi connectivity index (χ1n) is 8.52. The van der Waals surface area contributed by atoms with E-state index in [0.717, 1.165) is 5.56 Å². The lowest BCUT2D eigenvalue weighted by Gasteiger charge is -2.12. The van der Waals surface area contributed by atoms with Crippen LogP contribution in [0.5, 0.6) is 11.5 Å². The zero-order valence-electron chi connectivity index (χ0n) is 15.7. The zero-order chi connectivity index (χ0) is 21.1. The van der Waals surface area contributed by atoms with E-state index in [1.165, 1.54) is 26.4 Å². The van der Waals surface area contributed by atoms with Crippen LogP contribution in [-0.2, 0) is 16.1 Å². The monoisotopic (exact) mass is 399 g/mol. The van der Waals surface area contributed by atoms with Crippen LogP contribution in [0.2, 0.25) is 0 Å². The fourth-order valence-corrected chi connectivity index (χ4v) is 3.08. The molecule has 0 aliphatic heterocycles. The number of carboxylic acids is 1. The summed E-state index contributed by atoms with van der Waals surface area (Å²) in [4.78, 5) is 22.3. The maximum Gasteiger partial charge on any atom is 0.376 e. The van der Waals surface area contributed by atoms with E-state index in [1.807, 2.05) is 0 Å². The summed E-state index contributed by atoms with van der Waals surface area (Å²) in [6, 6.07) is 9.22. The molecule has 0 spiro atoms. The highest BCUT2D eigenvalue weighted by atomic mass is 19.1. The maximum absolute atomic E-state index is 13.2. The van der Waals surface area contributed by atoms with Gasteiger partial charge in [-0.25, -0.2) is 9.18 Å². The highest BCUT2D eigenvalue weighted by molar-refractivity contribution is 6.38. The van der Waals surface area contributed by atoms with E-state index in [4.69, 9.17) is 14.6 Å². The smallest absolute Gasteiger partial charge is 0.376 e. The number of aromatic nitrogens is 1. The van der Waals surface area contributed by atoms with Crippen molar-refractivity contribution >= 4 is 28.4 Å². The predicted molar refractivity (Wildman–Crippen MR) is 104 cm³/mol. The van der Waals surface area contributed by atoms with Gasteiger partial charge in [0.15, 0.2) is 11.5 Å². The van der Waals surface area contributed by atoms with Crippen molar-refractivity contribution in [2.75, 3.05) is 14.2 Å². The van der Waals surface area contributed by atoms with Gasteiger partial charge in [-0.3, -0.25) is 4.79 Å². The number of ketones is 1. The number of aliphatic hydroxyl groups is 1. The number of methoxy groups -OCH3 is 2. The van der Waals surface area contributed by atoms with Gasteiger partial charge in [-0.1, -0.05) is 12.1 Å². The van der Waals surface area contributed by atoms with Crippen molar-refractivity contribution in [1.82, 2.24) is 4.57 Å². The number of aliphatic hydroxyl groups excluding tert-OH is 1. The molecule has 1 heterocycles. The summed E-state index contributed by atoms with van der Waals surface area (Å²) in [5.41, 5.74) is 1.59. The molecule has 0 amide bonds. The molecule has 0 radical (unpaired) electrons. The molecule has 1 aromatic heterocycles. The number of carbonyl (C=O) groups excluding carboxylic acids is 1. The summed E-state index contributed by atoms with van der Waals surface area (Å²) < 4.78 is 25.8. The number of hydrogen-bond acceptors (Lipinski definition) is 5. The Morgan fingerprint density at radius 3 is 2.34 bits per heavy atom. The van der Waals surface area contributed by atoms with E-state index in [2.05, 4.69) is 0 Å². The lowest BCUT2D eigenvalue weighted by atomic mass is 10.1. The minimum atomic E-state index is -1.68. The summed E-state index contributed by atoms with van der Waals surface area (Å²) in [5, 5.41) is 19.7. The van der Waals surface area contributed by atoms with Gasteiger partial charge >= 0.3 is 5.97 Å². The van der Waals surface area contributed by atoms with Crippen LogP contribution in [0.1, 0.15) is 11.1 Å². The molecular weight excluding hydrogens is 381 g/mol. The Labute approximate surface area is 165 Å². The highest BCUT2D eigenvalue weighted by Gasteiger charge is 2.20. The molecule has 0 atom stereocenters. The highest BCUT2D eigenvalue weighted by Crippen LogP contribution is 2.39. The summed E-state index contributed by atoms with van der Waals surface area (Å²) in [6.07, 6.45) is 2.22. The summed E-state index contributed by atoms with van der Waals surface area (Å²) in [5.74, 6) is -2.93. The van der Waals surface area contributed by atoms with Gasteiger partial charge < -0.3 is 24.3 Å². The van der Waals surface area contributed by atoms with Gasteiger partial charge in [0, 0.05) is 29.8 Å². The maximum atomic E-state index is 13.2. The second-order valence-electron chi connectivity index (χ2n) is 6.19. The van der Waals surface area contributed by atoms with Crippen LogP contribution in [0.15, 0.2) is 48.7 Å². The number of hydrogen-bond donors (Lipinski definition) is 2. The van der Waals surface area contributed by atoms with Crippen molar-refractivity contribution in [3.05, 3.63) is 65.6 Å². The molecule has 0 saturated heterocycles. The molecule has 0 bridgehead atoms. The molecule has 0 fully saturated rings. The molecular formula is C21H18FNO6. The van der Waals surface area contributed by atoms with Gasteiger partial charge in [-0.15, -0.1) is 0 Å². The Morgan fingerprint density at radius 2 is 1.76 bits per heavy atom. The average molecular weight is 399 g/mol. The van der Waals surface area contributed by atoms with Crippen LogP contribution < -0.4 is 9.47 Å². The lowest BCUT2D eigenvalue weighted by Crippen LogP contribution is -2.09. The molecule has 7 nitrogen and oxygen atoms in total. The van der Waals surface area contributed by atoms with E-state index >= 15 is 0 Å². The molecule has 0 aliphatic carbocycles. The standard InChI is InChI=1S/C21H18FNO6/c1-28-18-8-7-14-15(16(24)9-17(25)21(26)27)11-23(19(14)20(18)29-2)10-12-3-5-13(22)6-4-12/h3-9,11,24H,10H2,1-2H3,(H,26,27)/b16-9-. The number of benzene rings is 2. The molecule has 0 saturated carbocycles. The van der Waals surface area contributed by atoms with Crippen molar-refractivity contribution in [2.45, 2.75) is 6.54 Å². The minimum absolute atomic E-state index is 0.248. The first kappa shape index (κ1) is 19.9. The van der Waals surface area contributed by atoms with Gasteiger partial charge in [0.1, 0.15) is 11.6 Å². The van der Waals surface area contributed by atoms with Gasteiger partial charge in [-0.05, 0) is 29.8 Å². The number of ether oxygens (including phenoxy) is 2. The number of rotatable bonds is 7. The van der Waals surface area contributed by atoms with Crippen molar-refractivity contribution in [3.8, 4) is 11.5 Å². The van der Waals surface area contributed by atoms with Crippen molar-refractivity contribution < 1.29 is 33.7 Å². The average Bonchev–Trinajstić information content (AvgIpc) is 3.07. The van der Waals surface area contributed by atoms with E-state index in [1.54, 1.807) is 35.0 Å². The van der Waals surface area contributed by atoms with Crippen LogP contribution in [0, 0.1) is 5.82 Å². The SMILES string of the molecule is COc1ccc2c(/C(O)=C/C(=O)C(=O)O)cn(Cc3ccc(F)cc3)c2c1OC. The van der Waals surface area contributed by atoms with Crippen molar-refractivity contribution in [1.29, 1.82) is 0 Å². The first-order valence-corrected chi connectivity index (χ1v) is 8.52. The summed E-state index contributed by atoms with van der Waals surface area (Å²) in [6.45, 7) is 0.306. The summed E-state index contributed by atoms with van der Waals surface area (Å²) >= 11 is 0. The van der Waals surface area contributed by atoms with Crippen LogP contribution in [-0.4, -0.2) is 40.8 Å². The molecule has 3 aromatic rings. The van der Waals surface area contributed by atoms with Crippen LogP contribution in [0.3, 0.4) is 0 Å². The number of aliphatic carboxylic acids is 1. The van der Waals surface area contributed by atoms with E-state index in [9.17, 15) is 19.1 Å². The molecule has 3 rings (SSSR count). The molecule has 2 aromatic carbocycles. The molecule has 8 heteroatoms. The fourth-order valence-electron chi connectivity index (χ4n) is 3.08. The number of carbonyl (C=O) groups is 2. The number of halogens is 1. The third-order valence-electron chi connectivity index (χ3n) is 4.40. The van der Waals surface area contributed by atoms with E-state index in [-0.39, 0.29) is 11.4 Å². The summed E-state index contributed by atoms with van der Waals surface area (Å²) in [7, 11) is 2.95. The van der Waals surface area contributed by atoms with Crippen LogP contribution in [0.4, 0.5) is 4.39 Å². The van der Waals surface area contributed by atoms with Gasteiger partial charge in [-0.2, -0.15) is 0 Å². The van der Waals surface area contributed by atoms with Gasteiger partial charge in [0.2, 0.25) is 0 Å². The quantitative estimate of drug-likeness (QED) is 0.359. The zero-order valence-corrected chi connectivity index (χ0v) is 15.7. The van der Waals surface area contributed by atoms with Crippen molar-refractivity contribution in [2.24, 2.45) is 0 Å². The molecule has 29 heavy (non-hydrogen) atoms. The van der Waals surface area contributed by atoms with Crippen LogP contribution in [0.25, 0.3) is 16.7 Å². The fraction of sp³-hybridized carbons (Fsp3) is 0.143. The number of fused-ring (bicyclic) bond motifs is 1. The number of carboxylic acid groups (broad SMARTS) is 1. The predicted octanol–water partition coefficient (Wildman–Crippen LogP) is 3.40. The van der Waals surface area contributed by atoms with Crippen molar-refractivity contribution in [3.63, 3.8) is 0 Å². The second-order valence-corrected chi connectivity index (χ2v) is 6.19. The normalized spacial score (nSPS) is 11.5. The molecule has 2 N–H and O–H groups in total. The topological polar surface area (TPSA) is 98.0 Å².